The smallest absolute Gasteiger partial charge is 0.349 e. The van der Waals surface area contributed by atoms with Crippen LogP contribution in [-0.2, 0) is 21.7 Å². The average molecular weight is 736 g/mol. The van der Waals surface area contributed by atoms with Gasteiger partial charge in [0.15, 0.2) is 0 Å². The van der Waals surface area contributed by atoms with Gasteiger partial charge in [-0.05, 0) is 85.3 Å². The van der Waals surface area contributed by atoms with Gasteiger partial charge in [-0.15, -0.1) is 22.7 Å². The van der Waals surface area contributed by atoms with Crippen LogP contribution in [-0.4, -0.2) is 70.1 Å². The van der Waals surface area contributed by atoms with Crippen molar-refractivity contribution >= 4 is 50.2 Å². The zero-order chi connectivity index (χ0) is 34.8. The Hall–Kier alpha value is -3.56. The number of aromatic nitrogens is 1. The van der Waals surface area contributed by atoms with E-state index in [1.54, 1.807) is 18.2 Å². The van der Waals surface area contributed by atoms with Gasteiger partial charge in [0, 0.05) is 37.2 Å². The Morgan fingerprint density at radius 1 is 1.08 bits per heavy atom. The van der Waals surface area contributed by atoms with Gasteiger partial charge in [0.25, 0.3) is 0 Å². The number of hydrogen-bond donors (Lipinski definition) is 5. The highest BCUT2D eigenvalue weighted by Gasteiger charge is 2.54. The molecule has 3 heterocycles. The number of fused-ring (bicyclic) bond motifs is 3. The molecule has 2 bridgehead atoms. The summed E-state index contributed by atoms with van der Waals surface area (Å²) in [6.07, 6.45) is 2.87. The minimum absolute atomic E-state index is 0.0128. The molecule has 3 aromatic heterocycles. The quantitative estimate of drug-likeness (QED) is 0.0687. The third-order valence-corrected chi connectivity index (χ3v) is 13.0. The lowest BCUT2D eigenvalue weighted by molar-refractivity contribution is -0.170. The van der Waals surface area contributed by atoms with Crippen LogP contribution in [0.1, 0.15) is 52.7 Å². The highest BCUT2D eigenvalue weighted by Crippen LogP contribution is 2.49. The summed E-state index contributed by atoms with van der Waals surface area (Å²) in [5.74, 6) is 0.751. The molecule has 50 heavy (non-hydrogen) atoms. The van der Waals surface area contributed by atoms with Gasteiger partial charge < -0.3 is 40.0 Å². The van der Waals surface area contributed by atoms with Crippen molar-refractivity contribution in [2.24, 2.45) is 11.8 Å². The minimum atomic E-state index is -1.78. The van der Waals surface area contributed by atoms with Gasteiger partial charge >= 0.3 is 10.8 Å². The Labute approximate surface area is 301 Å². The summed E-state index contributed by atoms with van der Waals surface area (Å²) in [5.41, 5.74) is 0.211. The number of carbonyl (C=O) groups is 1. The molecular formula is C37H41N3O7S3. The summed E-state index contributed by atoms with van der Waals surface area (Å²) in [4.78, 5) is 31.3. The lowest BCUT2D eigenvalue weighted by atomic mass is 9.94. The number of aliphatic hydroxyl groups is 2. The van der Waals surface area contributed by atoms with Crippen molar-refractivity contribution in [3.63, 3.8) is 0 Å². The standard InChI is InChI=1S/C37H41N3O7S3/c1-40(27-19-23-9-12-25(27)33(23)47-35(43)37(45,30-5-2-17-48-30)31-6-3-18-49-31)15-4-16-46-24-10-7-22(8-11-24)20-38-21-29(42)26-13-14-28(41)32-34(26)50-36(44)39-32/h2-3,5-8,10-11,13-14,17-18,23,25,27,29,33,38,41-42,45H,4,9,12,15-16,19-21H2,1H3,(H,39,44)/t23?,25?,27?,29-,33?/m0/s1. The van der Waals surface area contributed by atoms with E-state index in [0.717, 1.165) is 54.9 Å². The van der Waals surface area contributed by atoms with Crippen molar-refractivity contribution in [3.05, 3.63) is 102 Å². The topological polar surface area (TPSA) is 144 Å². The predicted octanol–water partition coefficient (Wildman–Crippen LogP) is 5.59. The van der Waals surface area contributed by atoms with E-state index in [2.05, 4.69) is 22.2 Å². The number of carbonyl (C=O) groups excluding carboxylic acids is 1. The van der Waals surface area contributed by atoms with E-state index in [1.807, 2.05) is 47.2 Å². The van der Waals surface area contributed by atoms with Crippen LogP contribution in [0.2, 0.25) is 0 Å². The van der Waals surface area contributed by atoms with Crippen molar-refractivity contribution in [2.45, 2.75) is 56.1 Å². The van der Waals surface area contributed by atoms with E-state index in [9.17, 15) is 24.9 Å². The Bertz CT molecular complexity index is 1910. The Kier molecular flexibility index (Phi) is 10.4. The largest absolute Gasteiger partial charge is 0.506 e. The lowest BCUT2D eigenvalue weighted by Crippen LogP contribution is -2.42. The van der Waals surface area contributed by atoms with Gasteiger partial charge in [0.05, 0.1) is 27.2 Å². The highest BCUT2D eigenvalue weighted by atomic mass is 32.1. The molecule has 7 rings (SSSR count). The molecule has 2 saturated carbocycles. The molecule has 10 nitrogen and oxygen atoms in total. The van der Waals surface area contributed by atoms with Crippen molar-refractivity contribution in [3.8, 4) is 11.5 Å². The van der Waals surface area contributed by atoms with Gasteiger partial charge in [-0.25, -0.2) is 4.79 Å². The van der Waals surface area contributed by atoms with E-state index >= 15 is 0 Å². The number of esters is 1. The first-order chi connectivity index (χ1) is 24.2. The molecule has 5 atom stereocenters. The Morgan fingerprint density at radius 2 is 1.82 bits per heavy atom. The molecule has 2 aromatic carbocycles. The number of aromatic amines is 1. The number of nitrogens with zero attached hydrogens (tertiary/aromatic N) is 1. The number of thiophene rings is 2. The second-order valence-corrected chi connectivity index (χ2v) is 16.1. The van der Waals surface area contributed by atoms with E-state index in [0.29, 0.717) is 50.6 Å². The molecule has 0 amide bonds. The molecule has 0 spiro atoms. The second-order valence-electron chi connectivity index (χ2n) is 13.2. The number of thiazole rings is 1. The Morgan fingerprint density at radius 3 is 2.52 bits per heavy atom. The molecule has 13 heteroatoms. The fraction of sp³-hybridized carbons (Fsp3) is 0.405. The van der Waals surface area contributed by atoms with Crippen molar-refractivity contribution < 1.29 is 29.6 Å². The predicted molar refractivity (Wildman–Crippen MR) is 196 cm³/mol. The number of hydrogen-bond acceptors (Lipinski definition) is 12. The third-order valence-electron chi connectivity index (χ3n) is 10.1. The van der Waals surface area contributed by atoms with Gasteiger partial charge in [0.2, 0.25) is 5.60 Å². The fourth-order valence-corrected chi connectivity index (χ4v) is 10.2. The number of aliphatic hydroxyl groups excluding tert-OH is 1. The molecule has 2 aliphatic rings. The summed E-state index contributed by atoms with van der Waals surface area (Å²) in [7, 11) is 2.14. The Balaban J connectivity index is 0.850. The first-order valence-electron chi connectivity index (χ1n) is 16.9. The van der Waals surface area contributed by atoms with Crippen LogP contribution in [0, 0.1) is 11.8 Å². The molecule has 0 aliphatic heterocycles. The molecule has 2 aliphatic carbocycles. The monoisotopic (exact) mass is 735 g/mol. The lowest BCUT2D eigenvalue weighted by Gasteiger charge is -2.32. The summed E-state index contributed by atoms with van der Waals surface area (Å²) in [6, 6.07) is 18.6. The fourth-order valence-electron chi connectivity index (χ4n) is 7.56. The minimum Gasteiger partial charge on any atom is -0.506 e. The number of phenolic OH excluding ortho intramolecular Hbond substituents is 1. The van der Waals surface area contributed by atoms with Gasteiger partial charge in [-0.3, -0.25) is 4.79 Å². The van der Waals surface area contributed by atoms with Gasteiger partial charge in [0.1, 0.15) is 23.1 Å². The molecule has 5 aromatic rings. The highest BCUT2D eigenvalue weighted by molar-refractivity contribution is 7.16. The third kappa shape index (κ3) is 7.00. The van der Waals surface area contributed by atoms with E-state index in [-0.39, 0.29) is 29.2 Å². The number of rotatable bonds is 15. The maximum atomic E-state index is 13.6. The average Bonchev–Trinajstić information content (AvgIpc) is 3.97. The molecule has 0 saturated heterocycles. The van der Waals surface area contributed by atoms with Crippen molar-refractivity contribution in [1.29, 1.82) is 0 Å². The molecule has 264 valence electrons. The normalized spacial score (nSPS) is 20.9. The number of nitrogens with one attached hydrogen (secondary N) is 2. The van der Waals surface area contributed by atoms with Crippen LogP contribution >= 0.6 is 34.0 Å². The van der Waals surface area contributed by atoms with Crippen LogP contribution in [0.5, 0.6) is 11.5 Å². The van der Waals surface area contributed by atoms with Crippen LogP contribution in [0.25, 0.3) is 10.2 Å². The van der Waals surface area contributed by atoms with Crippen LogP contribution in [0.15, 0.2) is 76.2 Å². The first-order valence-corrected chi connectivity index (χ1v) is 19.5. The second kappa shape index (κ2) is 15.0. The van der Waals surface area contributed by atoms with E-state index < -0.39 is 17.7 Å². The van der Waals surface area contributed by atoms with E-state index in [1.165, 1.54) is 28.7 Å². The molecule has 4 unspecified atom stereocenters. The number of aromatic hydroxyl groups is 1. The molecule has 2 fully saturated rings. The zero-order valence-electron chi connectivity index (χ0n) is 27.6. The molecule has 5 N–H and O–H groups in total. The van der Waals surface area contributed by atoms with Gasteiger partial charge in [-0.1, -0.05) is 41.7 Å². The summed E-state index contributed by atoms with van der Waals surface area (Å²) < 4.78 is 12.8. The number of phenols is 1. The van der Waals surface area contributed by atoms with E-state index in [4.69, 9.17) is 9.47 Å². The first kappa shape index (κ1) is 34.9. The number of benzene rings is 2. The number of H-pyrrole nitrogens is 1. The van der Waals surface area contributed by atoms with Crippen molar-refractivity contribution in [2.75, 3.05) is 26.7 Å². The SMILES string of the molecule is CN(CCCOc1ccc(CNC[C@H](O)c2ccc(O)c3[nH]c(=O)sc23)cc1)C1CC2CCC1C2OC(=O)C(O)(c1cccs1)c1cccs1. The summed E-state index contributed by atoms with van der Waals surface area (Å²) in [6.45, 7) is 2.28. The number of ether oxygens (including phenoxy) is 2. The van der Waals surface area contributed by atoms with Crippen LogP contribution in [0.3, 0.4) is 0 Å². The maximum Gasteiger partial charge on any atom is 0.349 e. The summed E-state index contributed by atoms with van der Waals surface area (Å²) in [5, 5.41) is 39.4. The molecular weight excluding hydrogens is 695 g/mol. The van der Waals surface area contributed by atoms with Crippen LogP contribution in [0.4, 0.5) is 0 Å². The van der Waals surface area contributed by atoms with Crippen LogP contribution < -0.4 is 14.9 Å². The maximum absolute atomic E-state index is 13.6. The summed E-state index contributed by atoms with van der Waals surface area (Å²) >= 11 is 3.70. The molecule has 0 radical (unpaired) electrons. The van der Waals surface area contributed by atoms with Gasteiger partial charge in [-0.2, -0.15) is 0 Å². The van der Waals surface area contributed by atoms with Crippen molar-refractivity contribution in [1.82, 2.24) is 15.2 Å². The zero-order valence-corrected chi connectivity index (χ0v) is 30.1.